The van der Waals surface area contributed by atoms with Gasteiger partial charge in [0.1, 0.15) is 5.69 Å². The van der Waals surface area contributed by atoms with E-state index in [-0.39, 0.29) is 12.3 Å². The van der Waals surface area contributed by atoms with E-state index < -0.39 is 17.7 Å². The fourth-order valence-corrected chi connectivity index (χ4v) is 2.34. The topological polar surface area (TPSA) is 44.1 Å². The Morgan fingerprint density at radius 1 is 1.30 bits per heavy atom. The normalized spacial score (nSPS) is 11.5. The molecule has 0 spiro atoms. The molecule has 0 saturated heterocycles. The second-order valence-electron chi connectivity index (χ2n) is 4.62. The Morgan fingerprint density at radius 3 is 2.48 bits per heavy atom. The molecule has 4 nitrogen and oxygen atoms in total. The Bertz CT molecular complexity index is 681. The maximum absolute atomic E-state index is 12.6. The van der Waals surface area contributed by atoms with Gasteiger partial charge in [0, 0.05) is 10.9 Å². The molecule has 124 valence electrons. The summed E-state index contributed by atoms with van der Waals surface area (Å²) in [5, 5.41) is 4.85. The Hall–Kier alpha value is -1.83. The first kappa shape index (κ1) is 17.5. The number of halogens is 4. The Morgan fingerprint density at radius 2 is 1.96 bits per heavy atom. The minimum atomic E-state index is -4.38. The second-order valence-corrected chi connectivity index (χ2v) is 5.42. The third-order valence-electron chi connectivity index (χ3n) is 3.07. The SMILES string of the molecule is CCOC(=O)c1cc(-c2ccc(C(F)(F)F)cc2)nn1CCBr. The van der Waals surface area contributed by atoms with Gasteiger partial charge >= 0.3 is 12.1 Å². The highest BCUT2D eigenvalue weighted by Gasteiger charge is 2.30. The Balaban J connectivity index is 2.36. The summed E-state index contributed by atoms with van der Waals surface area (Å²) in [5.74, 6) is -0.515. The molecule has 0 saturated carbocycles. The zero-order valence-corrected chi connectivity index (χ0v) is 13.8. The smallest absolute Gasteiger partial charge is 0.416 e. The number of alkyl halides is 4. The first-order valence-electron chi connectivity index (χ1n) is 6.85. The van der Waals surface area contributed by atoms with Crippen molar-refractivity contribution in [3.8, 4) is 11.3 Å². The number of hydrogen-bond donors (Lipinski definition) is 0. The number of carbonyl (C=O) groups excluding carboxylic acids is 1. The van der Waals surface area contributed by atoms with Crippen LogP contribution in [0.3, 0.4) is 0 Å². The quantitative estimate of drug-likeness (QED) is 0.569. The summed E-state index contributed by atoms with van der Waals surface area (Å²) in [7, 11) is 0. The molecule has 0 radical (unpaired) electrons. The van der Waals surface area contributed by atoms with Crippen molar-refractivity contribution in [3.63, 3.8) is 0 Å². The average Bonchev–Trinajstić information content (AvgIpc) is 2.91. The highest BCUT2D eigenvalue weighted by Crippen LogP contribution is 2.30. The molecule has 0 fully saturated rings. The number of rotatable bonds is 5. The third kappa shape index (κ3) is 4.13. The summed E-state index contributed by atoms with van der Waals surface area (Å²) < 4.78 is 44.2. The van der Waals surface area contributed by atoms with Crippen LogP contribution in [0.4, 0.5) is 13.2 Å². The van der Waals surface area contributed by atoms with Gasteiger partial charge in [-0.15, -0.1) is 0 Å². The van der Waals surface area contributed by atoms with Crippen molar-refractivity contribution in [2.24, 2.45) is 0 Å². The van der Waals surface area contributed by atoms with Gasteiger partial charge < -0.3 is 4.74 Å². The maximum atomic E-state index is 12.6. The van der Waals surface area contributed by atoms with Gasteiger partial charge in [0.25, 0.3) is 0 Å². The predicted octanol–water partition coefficient (Wildman–Crippen LogP) is 4.14. The summed E-state index contributed by atoms with van der Waals surface area (Å²) in [4.78, 5) is 11.9. The molecule has 23 heavy (non-hydrogen) atoms. The number of benzene rings is 1. The minimum Gasteiger partial charge on any atom is -0.461 e. The molecular weight excluding hydrogens is 377 g/mol. The van der Waals surface area contributed by atoms with Crippen molar-refractivity contribution in [1.82, 2.24) is 9.78 Å². The largest absolute Gasteiger partial charge is 0.461 e. The number of aryl methyl sites for hydroxylation is 1. The Labute approximate surface area is 139 Å². The number of carbonyl (C=O) groups is 1. The van der Waals surface area contributed by atoms with E-state index in [2.05, 4.69) is 21.0 Å². The van der Waals surface area contributed by atoms with E-state index in [0.29, 0.717) is 23.1 Å². The van der Waals surface area contributed by atoms with Crippen LogP contribution in [0.2, 0.25) is 0 Å². The lowest BCUT2D eigenvalue weighted by Crippen LogP contribution is -2.13. The predicted molar refractivity (Wildman–Crippen MR) is 82.4 cm³/mol. The Kier molecular flexibility index (Phi) is 5.46. The molecule has 0 aliphatic carbocycles. The lowest BCUT2D eigenvalue weighted by atomic mass is 10.1. The molecule has 1 heterocycles. The van der Waals surface area contributed by atoms with Crippen LogP contribution in [0.15, 0.2) is 30.3 Å². The van der Waals surface area contributed by atoms with Crippen molar-refractivity contribution >= 4 is 21.9 Å². The number of esters is 1. The molecule has 0 amide bonds. The molecule has 2 rings (SSSR count). The van der Waals surface area contributed by atoms with Gasteiger partial charge in [-0.05, 0) is 25.1 Å². The summed E-state index contributed by atoms with van der Waals surface area (Å²) >= 11 is 3.27. The first-order chi connectivity index (χ1) is 10.9. The van der Waals surface area contributed by atoms with Crippen molar-refractivity contribution in [2.45, 2.75) is 19.6 Å². The summed E-state index contributed by atoms with van der Waals surface area (Å²) in [5.41, 5.74) is 0.451. The van der Waals surface area contributed by atoms with Gasteiger partial charge in [-0.3, -0.25) is 4.68 Å². The van der Waals surface area contributed by atoms with Crippen LogP contribution in [0.5, 0.6) is 0 Å². The van der Waals surface area contributed by atoms with Crippen LogP contribution in [-0.2, 0) is 17.5 Å². The zero-order valence-electron chi connectivity index (χ0n) is 12.2. The molecule has 8 heteroatoms. The molecule has 0 bridgehead atoms. The van der Waals surface area contributed by atoms with Gasteiger partial charge in [-0.25, -0.2) is 4.79 Å². The molecule has 0 atom stereocenters. The van der Waals surface area contributed by atoms with Crippen molar-refractivity contribution < 1.29 is 22.7 Å². The summed E-state index contributed by atoms with van der Waals surface area (Å²) in [6, 6.07) is 6.16. The fraction of sp³-hybridized carbons (Fsp3) is 0.333. The van der Waals surface area contributed by atoms with Crippen LogP contribution < -0.4 is 0 Å². The molecule has 2 aromatic rings. The van der Waals surface area contributed by atoms with Gasteiger partial charge in [0.05, 0.1) is 24.4 Å². The first-order valence-corrected chi connectivity index (χ1v) is 7.97. The van der Waals surface area contributed by atoms with Gasteiger partial charge in [0.2, 0.25) is 0 Å². The minimum absolute atomic E-state index is 0.230. The number of ether oxygens (including phenoxy) is 1. The van der Waals surface area contributed by atoms with Crippen LogP contribution in [-0.4, -0.2) is 27.7 Å². The van der Waals surface area contributed by atoms with E-state index in [4.69, 9.17) is 4.74 Å². The van der Waals surface area contributed by atoms with Crippen molar-refractivity contribution in [2.75, 3.05) is 11.9 Å². The summed E-state index contributed by atoms with van der Waals surface area (Å²) in [6.45, 7) is 2.36. The standard InChI is InChI=1S/C15H14BrF3N2O2/c1-2-23-14(22)13-9-12(20-21(13)8-7-16)10-3-5-11(6-4-10)15(17,18)19/h3-6,9H,2,7-8H2,1H3. The van der Waals surface area contributed by atoms with E-state index >= 15 is 0 Å². The van der Waals surface area contributed by atoms with Crippen LogP contribution >= 0.6 is 15.9 Å². The maximum Gasteiger partial charge on any atom is 0.416 e. The zero-order chi connectivity index (χ0) is 17.0. The fourth-order valence-electron chi connectivity index (χ4n) is 2.01. The van der Waals surface area contributed by atoms with Crippen LogP contribution in [0.1, 0.15) is 23.0 Å². The molecule has 0 N–H and O–H groups in total. The van der Waals surface area contributed by atoms with Crippen LogP contribution in [0.25, 0.3) is 11.3 Å². The molecule has 0 unspecified atom stereocenters. The van der Waals surface area contributed by atoms with Gasteiger partial charge in [0.15, 0.2) is 0 Å². The highest BCUT2D eigenvalue weighted by molar-refractivity contribution is 9.09. The van der Waals surface area contributed by atoms with Gasteiger partial charge in [-0.1, -0.05) is 28.1 Å². The van der Waals surface area contributed by atoms with E-state index in [1.54, 1.807) is 6.92 Å². The molecule has 1 aromatic carbocycles. The van der Waals surface area contributed by atoms with E-state index in [0.717, 1.165) is 12.1 Å². The van der Waals surface area contributed by atoms with E-state index in [9.17, 15) is 18.0 Å². The lowest BCUT2D eigenvalue weighted by Gasteiger charge is -2.06. The average molecular weight is 391 g/mol. The molecule has 0 aliphatic heterocycles. The second kappa shape index (κ2) is 7.16. The molecular formula is C15H14BrF3N2O2. The lowest BCUT2D eigenvalue weighted by molar-refractivity contribution is -0.137. The summed E-state index contributed by atoms with van der Waals surface area (Å²) in [6.07, 6.45) is -4.38. The molecule has 0 aliphatic rings. The number of aromatic nitrogens is 2. The van der Waals surface area contributed by atoms with Crippen molar-refractivity contribution in [3.05, 3.63) is 41.6 Å². The van der Waals surface area contributed by atoms with Gasteiger partial charge in [-0.2, -0.15) is 18.3 Å². The highest BCUT2D eigenvalue weighted by atomic mass is 79.9. The van der Waals surface area contributed by atoms with Crippen molar-refractivity contribution in [1.29, 1.82) is 0 Å². The molecule has 1 aromatic heterocycles. The number of nitrogens with zero attached hydrogens (tertiary/aromatic N) is 2. The number of hydrogen-bond acceptors (Lipinski definition) is 3. The van der Waals surface area contributed by atoms with Crippen LogP contribution in [0, 0.1) is 0 Å². The third-order valence-corrected chi connectivity index (χ3v) is 3.42. The van der Waals surface area contributed by atoms with E-state index in [1.807, 2.05) is 0 Å². The van der Waals surface area contributed by atoms with E-state index in [1.165, 1.54) is 22.9 Å². The monoisotopic (exact) mass is 390 g/mol.